The van der Waals surface area contributed by atoms with Gasteiger partial charge in [-0.05, 0) is 42.5 Å². The van der Waals surface area contributed by atoms with Crippen LogP contribution in [0.25, 0.3) is 22.8 Å². The molecule has 0 spiro atoms. The number of carbonyl (C=O) groups is 1. The van der Waals surface area contributed by atoms with E-state index in [0.29, 0.717) is 28.4 Å². The first kappa shape index (κ1) is 21.9. The molecule has 0 aliphatic heterocycles. The van der Waals surface area contributed by atoms with Crippen molar-refractivity contribution in [3.63, 3.8) is 0 Å². The summed E-state index contributed by atoms with van der Waals surface area (Å²) >= 11 is 0. The number of nitrogens with zero attached hydrogens (tertiary/aromatic N) is 2. The van der Waals surface area contributed by atoms with E-state index < -0.39 is 11.6 Å². The fourth-order valence-electron chi connectivity index (χ4n) is 3.06. The Morgan fingerprint density at radius 3 is 2.58 bits per heavy atom. The number of hydrogen-bond acceptors (Lipinski definition) is 7. The standard InChI is InChI=1S/C24H18F2N2O5/c1-30-17-5-3-4-14(10-17)20(29)13-32-21-9-6-15(11-22(21)31-2)23-27-24(33-28-23)18-8-7-16(25)12-19(18)26/h3-12H,13H2,1-2H3. The Balaban J connectivity index is 1.51. The molecule has 9 heteroatoms. The zero-order valence-corrected chi connectivity index (χ0v) is 17.7. The summed E-state index contributed by atoms with van der Waals surface area (Å²) in [6, 6.07) is 14.7. The molecule has 0 atom stereocenters. The fraction of sp³-hybridized carbons (Fsp3) is 0.125. The molecule has 0 aliphatic rings. The smallest absolute Gasteiger partial charge is 0.261 e. The van der Waals surface area contributed by atoms with Gasteiger partial charge in [-0.1, -0.05) is 17.3 Å². The quantitative estimate of drug-likeness (QED) is 0.349. The lowest BCUT2D eigenvalue weighted by atomic mass is 10.1. The molecule has 0 aliphatic carbocycles. The number of methoxy groups -OCH3 is 2. The van der Waals surface area contributed by atoms with Gasteiger partial charge >= 0.3 is 0 Å². The number of benzene rings is 3. The van der Waals surface area contributed by atoms with Crippen LogP contribution < -0.4 is 14.2 Å². The van der Waals surface area contributed by atoms with Gasteiger partial charge in [0.05, 0.1) is 19.8 Å². The Morgan fingerprint density at radius 1 is 0.970 bits per heavy atom. The number of carbonyl (C=O) groups excluding carboxylic acids is 1. The second-order valence-corrected chi connectivity index (χ2v) is 6.86. The summed E-state index contributed by atoms with van der Waals surface area (Å²) in [7, 11) is 2.97. The molecule has 7 nitrogen and oxygen atoms in total. The minimum atomic E-state index is -0.813. The van der Waals surface area contributed by atoms with Crippen LogP contribution in [-0.2, 0) is 0 Å². The number of Topliss-reactive ketones (excluding diaryl/α,β-unsaturated/α-hetero) is 1. The molecule has 1 aromatic heterocycles. The molecule has 0 bridgehead atoms. The van der Waals surface area contributed by atoms with Gasteiger partial charge in [0.1, 0.15) is 17.4 Å². The Morgan fingerprint density at radius 2 is 1.82 bits per heavy atom. The Hall–Kier alpha value is -4.27. The highest BCUT2D eigenvalue weighted by Gasteiger charge is 2.17. The van der Waals surface area contributed by atoms with Crippen molar-refractivity contribution in [3.8, 4) is 40.1 Å². The van der Waals surface area contributed by atoms with Crippen LogP contribution in [0.3, 0.4) is 0 Å². The molecule has 4 rings (SSSR count). The van der Waals surface area contributed by atoms with Crippen LogP contribution in [-0.4, -0.2) is 36.8 Å². The predicted molar refractivity (Wildman–Crippen MR) is 114 cm³/mol. The molecule has 0 fully saturated rings. The Bertz CT molecular complexity index is 1310. The van der Waals surface area contributed by atoms with Gasteiger partial charge < -0.3 is 18.7 Å². The summed E-state index contributed by atoms with van der Waals surface area (Å²) in [6.45, 7) is -0.209. The number of halogens is 2. The topological polar surface area (TPSA) is 83.7 Å². The van der Waals surface area contributed by atoms with Gasteiger partial charge in [-0.2, -0.15) is 4.98 Å². The van der Waals surface area contributed by atoms with Crippen LogP contribution in [0.15, 0.2) is 65.2 Å². The average Bonchev–Trinajstić information content (AvgIpc) is 3.32. The van der Waals surface area contributed by atoms with Crippen LogP contribution in [0.5, 0.6) is 17.2 Å². The van der Waals surface area contributed by atoms with Crippen molar-refractivity contribution < 1.29 is 32.3 Å². The van der Waals surface area contributed by atoms with Crippen LogP contribution in [0.4, 0.5) is 8.78 Å². The lowest BCUT2D eigenvalue weighted by Crippen LogP contribution is -2.12. The fourth-order valence-corrected chi connectivity index (χ4v) is 3.06. The van der Waals surface area contributed by atoms with Crippen molar-refractivity contribution >= 4 is 5.78 Å². The zero-order chi connectivity index (χ0) is 23.4. The van der Waals surface area contributed by atoms with E-state index in [1.165, 1.54) is 20.3 Å². The number of aromatic nitrogens is 2. The lowest BCUT2D eigenvalue weighted by Gasteiger charge is -2.11. The van der Waals surface area contributed by atoms with E-state index in [4.69, 9.17) is 18.7 Å². The Kier molecular flexibility index (Phi) is 6.30. The number of ether oxygens (including phenoxy) is 3. The van der Waals surface area contributed by atoms with Gasteiger partial charge in [0.15, 0.2) is 23.9 Å². The minimum Gasteiger partial charge on any atom is -0.497 e. The molecule has 0 saturated heterocycles. The average molecular weight is 452 g/mol. The van der Waals surface area contributed by atoms with Crippen molar-refractivity contribution in [2.75, 3.05) is 20.8 Å². The van der Waals surface area contributed by atoms with E-state index in [2.05, 4.69) is 10.1 Å². The van der Waals surface area contributed by atoms with E-state index in [1.54, 1.807) is 42.5 Å². The predicted octanol–water partition coefficient (Wildman–Crippen LogP) is 4.96. The van der Waals surface area contributed by atoms with Gasteiger partial charge in [0.25, 0.3) is 5.89 Å². The maximum absolute atomic E-state index is 14.0. The van der Waals surface area contributed by atoms with Crippen molar-refractivity contribution in [1.29, 1.82) is 0 Å². The first-order chi connectivity index (χ1) is 16.0. The molecule has 0 saturated carbocycles. The SMILES string of the molecule is COc1cccc(C(=O)COc2ccc(-c3noc(-c4ccc(F)cc4F)n3)cc2OC)c1. The van der Waals surface area contributed by atoms with Gasteiger partial charge in [-0.15, -0.1) is 0 Å². The number of hydrogen-bond donors (Lipinski definition) is 0. The zero-order valence-electron chi connectivity index (χ0n) is 17.7. The second kappa shape index (κ2) is 9.47. The molecule has 3 aromatic carbocycles. The molecule has 0 radical (unpaired) electrons. The summed E-state index contributed by atoms with van der Waals surface area (Å²) in [6.07, 6.45) is 0. The molecule has 1 heterocycles. The second-order valence-electron chi connectivity index (χ2n) is 6.86. The van der Waals surface area contributed by atoms with Gasteiger partial charge in [-0.25, -0.2) is 8.78 Å². The van der Waals surface area contributed by atoms with Crippen LogP contribution in [0, 0.1) is 11.6 Å². The lowest BCUT2D eigenvalue weighted by molar-refractivity contribution is 0.0919. The summed E-state index contributed by atoms with van der Waals surface area (Å²) in [4.78, 5) is 16.6. The highest BCUT2D eigenvalue weighted by Crippen LogP contribution is 2.33. The van der Waals surface area contributed by atoms with Gasteiger partial charge in [-0.3, -0.25) is 4.79 Å². The molecule has 0 unspecified atom stereocenters. The molecule has 33 heavy (non-hydrogen) atoms. The van der Waals surface area contributed by atoms with Crippen LogP contribution >= 0.6 is 0 Å². The van der Waals surface area contributed by atoms with Crippen molar-refractivity contribution in [2.24, 2.45) is 0 Å². The third-order valence-electron chi connectivity index (χ3n) is 4.76. The normalized spacial score (nSPS) is 10.7. The monoisotopic (exact) mass is 452 g/mol. The highest BCUT2D eigenvalue weighted by molar-refractivity contribution is 5.97. The third-order valence-corrected chi connectivity index (χ3v) is 4.76. The summed E-state index contributed by atoms with van der Waals surface area (Å²) < 4.78 is 48.4. The van der Waals surface area contributed by atoms with E-state index in [9.17, 15) is 13.6 Å². The van der Waals surface area contributed by atoms with Crippen LogP contribution in [0.2, 0.25) is 0 Å². The molecule has 4 aromatic rings. The third kappa shape index (κ3) is 4.82. The minimum absolute atomic E-state index is 0.0156. The van der Waals surface area contributed by atoms with Crippen molar-refractivity contribution in [2.45, 2.75) is 0 Å². The van der Waals surface area contributed by atoms with Crippen molar-refractivity contribution in [3.05, 3.63) is 77.9 Å². The highest BCUT2D eigenvalue weighted by atomic mass is 19.1. The van der Waals surface area contributed by atoms with E-state index in [0.717, 1.165) is 12.1 Å². The first-order valence-corrected chi connectivity index (χ1v) is 9.76. The molecule has 0 amide bonds. The van der Waals surface area contributed by atoms with Gasteiger partial charge in [0, 0.05) is 17.2 Å². The van der Waals surface area contributed by atoms with Gasteiger partial charge in [0.2, 0.25) is 5.82 Å². The largest absolute Gasteiger partial charge is 0.497 e. The van der Waals surface area contributed by atoms with E-state index >= 15 is 0 Å². The Labute approximate surface area is 187 Å². The molecular formula is C24H18F2N2O5. The first-order valence-electron chi connectivity index (χ1n) is 9.76. The maximum atomic E-state index is 14.0. The number of rotatable bonds is 8. The van der Waals surface area contributed by atoms with Crippen LogP contribution in [0.1, 0.15) is 10.4 Å². The van der Waals surface area contributed by atoms with E-state index in [1.807, 2.05) is 0 Å². The van der Waals surface area contributed by atoms with Crippen molar-refractivity contribution in [1.82, 2.24) is 10.1 Å². The molecule has 168 valence electrons. The number of ketones is 1. The maximum Gasteiger partial charge on any atom is 0.261 e. The summed E-state index contributed by atoms with van der Waals surface area (Å²) in [5, 5.41) is 3.85. The van der Waals surface area contributed by atoms with E-state index in [-0.39, 0.29) is 29.7 Å². The molecule has 0 N–H and O–H groups in total. The molecular weight excluding hydrogens is 434 g/mol. The summed E-state index contributed by atoms with van der Waals surface area (Å²) in [5.41, 5.74) is 0.950. The summed E-state index contributed by atoms with van der Waals surface area (Å²) in [5.74, 6) is -0.423.